The SMILES string of the molecule is Cc1cccc(C(=O)NCCCCCc2nc3ccccc3n2CCCCOc2cc(C)ccc2C)c1. The Kier molecular flexibility index (Phi) is 9.36. The lowest BCUT2D eigenvalue weighted by Crippen LogP contribution is -2.24. The number of nitrogens with zero attached hydrogens (tertiary/aromatic N) is 2. The number of carbonyl (C=O) groups is 1. The minimum absolute atomic E-state index is 0.00651. The summed E-state index contributed by atoms with van der Waals surface area (Å²) in [6.07, 6.45) is 6.07. The number of imidazole rings is 1. The van der Waals surface area contributed by atoms with E-state index in [1.165, 1.54) is 16.6 Å². The number of para-hydroxylation sites is 2. The van der Waals surface area contributed by atoms with Crippen molar-refractivity contribution in [3.8, 4) is 5.75 Å². The molecule has 0 radical (unpaired) electrons. The molecule has 0 saturated carbocycles. The highest BCUT2D eigenvalue weighted by atomic mass is 16.5. The number of amides is 1. The van der Waals surface area contributed by atoms with Crippen molar-refractivity contribution in [2.45, 2.75) is 65.8 Å². The maximum Gasteiger partial charge on any atom is 0.251 e. The van der Waals surface area contributed by atoms with Gasteiger partial charge in [-0.3, -0.25) is 4.79 Å². The molecule has 0 saturated heterocycles. The summed E-state index contributed by atoms with van der Waals surface area (Å²) < 4.78 is 8.43. The molecule has 5 nitrogen and oxygen atoms in total. The Bertz CT molecular complexity index is 1320. The Morgan fingerprint density at radius 2 is 1.70 bits per heavy atom. The van der Waals surface area contributed by atoms with Crippen LogP contribution in [0.2, 0.25) is 0 Å². The van der Waals surface area contributed by atoms with Crippen molar-refractivity contribution >= 4 is 16.9 Å². The molecule has 5 heteroatoms. The van der Waals surface area contributed by atoms with Crippen LogP contribution >= 0.6 is 0 Å². The van der Waals surface area contributed by atoms with Crippen LogP contribution in [0.15, 0.2) is 66.7 Å². The first kappa shape index (κ1) is 26.5. The molecule has 4 aromatic rings. The minimum atomic E-state index is 0.00651. The van der Waals surface area contributed by atoms with Gasteiger partial charge in [0, 0.05) is 25.1 Å². The van der Waals surface area contributed by atoms with Gasteiger partial charge in [-0.2, -0.15) is 0 Å². The number of unbranched alkanes of at least 4 members (excludes halogenated alkanes) is 3. The number of aromatic nitrogens is 2. The standard InChI is InChI=1S/C32H39N3O2/c1-24-12-11-13-27(22-24)32(36)33-19-8-4-5-16-31-34-28-14-6-7-15-29(28)35(31)20-9-10-21-37-30-23-25(2)17-18-26(30)3/h6-7,11-15,17-18,22-23H,4-5,8-10,16,19-21H2,1-3H3,(H,33,36). The van der Waals surface area contributed by atoms with Crippen LogP contribution in [-0.4, -0.2) is 28.6 Å². The summed E-state index contributed by atoms with van der Waals surface area (Å²) in [6, 6.07) is 22.5. The maximum atomic E-state index is 12.3. The fraction of sp³-hybridized carbons (Fsp3) is 0.375. The van der Waals surface area contributed by atoms with Crippen LogP contribution in [0.4, 0.5) is 0 Å². The highest BCUT2D eigenvalue weighted by molar-refractivity contribution is 5.94. The van der Waals surface area contributed by atoms with Gasteiger partial charge in [0.2, 0.25) is 0 Å². The predicted molar refractivity (Wildman–Crippen MR) is 151 cm³/mol. The van der Waals surface area contributed by atoms with E-state index in [2.05, 4.69) is 66.2 Å². The van der Waals surface area contributed by atoms with Gasteiger partial charge in [-0.25, -0.2) is 4.98 Å². The summed E-state index contributed by atoms with van der Waals surface area (Å²) in [5.41, 5.74) is 6.51. The van der Waals surface area contributed by atoms with E-state index in [1.54, 1.807) is 0 Å². The molecular weight excluding hydrogens is 458 g/mol. The second-order valence-corrected chi connectivity index (χ2v) is 9.93. The number of benzene rings is 3. The summed E-state index contributed by atoms with van der Waals surface area (Å²) in [7, 11) is 0. The molecule has 0 fully saturated rings. The lowest BCUT2D eigenvalue weighted by atomic mass is 10.1. The summed E-state index contributed by atoms with van der Waals surface area (Å²) in [5.74, 6) is 2.15. The summed E-state index contributed by atoms with van der Waals surface area (Å²) in [6.45, 7) is 8.56. The van der Waals surface area contributed by atoms with Crippen molar-refractivity contribution in [3.63, 3.8) is 0 Å². The predicted octanol–water partition coefficient (Wildman–Crippen LogP) is 6.96. The Hall–Kier alpha value is -3.60. The van der Waals surface area contributed by atoms with Gasteiger partial charge in [0.15, 0.2) is 0 Å². The zero-order valence-electron chi connectivity index (χ0n) is 22.4. The van der Waals surface area contributed by atoms with E-state index in [0.29, 0.717) is 6.54 Å². The van der Waals surface area contributed by atoms with Crippen molar-refractivity contribution in [3.05, 3.63) is 94.8 Å². The average Bonchev–Trinajstić information content (AvgIpc) is 3.25. The van der Waals surface area contributed by atoms with E-state index in [0.717, 1.165) is 79.9 Å². The normalized spacial score (nSPS) is 11.1. The second kappa shape index (κ2) is 13.1. The minimum Gasteiger partial charge on any atom is -0.493 e. The molecule has 0 spiro atoms. The number of fused-ring (bicyclic) bond motifs is 1. The highest BCUT2D eigenvalue weighted by Crippen LogP contribution is 2.21. The zero-order valence-corrected chi connectivity index (χ0v) is 22.4. The van der Waals surface area contributed by atoms with Crippen LogP contribution in [0.3, 0.4) is 0 Å². The van der Waals surface area contributed by atoms with E-state index in [-0.39, 0.29) is 5.91 Å². The van der Waals surface area contributed by atoms with Crippen molar-refractivity contribution in [2.24, 2.45) is 0 Å². The van der Waals surface area contributed by atoms with Crippen molar-refractivity contribution in [1.29, 1.82) is 0 Å². The first-order valence-corrected chi connectivity index (χ1v) is 13.5. The first-order valence-electron chi connectivity index (χ1n) is 13.5. The van der Waals surface area contributed by atoms with Gasteiger partial charge in [-0.1, -0.05) is 48.4 Å². The molecule has 4 rings (SSSR count). The summed E-state index contributed by atoms with van der Waals surface area (Å²) in [4.78, 5) is 17.3. The Morgan fingerprint density at radius 3 is 2.57 bits per heavy atom. The van der Waals surface area contributed by atoms with E-state index >= 15 is 0 Å². The molecule has 1 aromatic heterocycles. The molecule has 1 amide bonds. The van der Waals surface area contributed by atoms with Crippen molar-refractivity contribution < 1.29 is 9.53 Å². The average molecular weight is 498 g/mol. The van der Waals surface area contributed by atoms with E-state index in [1.807, 2.05) is 31.2 Å². The molecule has 3 aromatic carbocycles. The largest absolute Gasteiger partial charge is 0.493 e. The highest BCUT2D eigenvalue weighted by Gasteiger charge is 2.10. The maximum absolute atomic E-state index is 12.3. The molecule has 194 valence electrons. The third-order valence-electron chi connectivity index (χ3n) is 6.75. The molecule has 0 aliphatic heterocycles. The van der Waals surface area contributed by atoms with E-state index in [9.17, 15) is 4.79 Å². The number of ether oxygens (including phenoxy) is 1. The first-order chi connectivity index (χ1) is 18.0. The zero-order chi connectivity index (χ0) is 26.0. The topological polar surface area (TPSA) is 56.2 Å². The number of hydrogen-bond acceptors (Lipinski definition) is 3. The summed E-state index contributed by atoms with van der Waals surface area (Å²) >= 11 is 0. The van der Waals surface area contributed by atoms with E-state index < -0.39 is 0 Å². The lowest BCUT2D eigenvalue weighted by molar-refractivity contribution is 0.0953. The van der Waals surface area contributed by atoms with Gasteiger partial charge in [-0.05, 0) is 87.9 Å². The van der Waals surface area contributed by atoms with Crippen LogP contribution < -0.4 is 10.1 Å². The molecule has 0 bridgehead atoms. The lowest BCUT2D eigenvalue weighted by Gasteiger charge is -2.12. The smallest absolute Gasteiger partial charge is 0.251 e. The Labute approximate surface area is 220 Å². The van der Waals surface area contributed by atoms with Crippen LogP contribution in [0.1, 0.15) is 65.0 Å². The van der Waals surface area contributed by atoms with Gasteiger partial charge in [0.05, 0.1) is 17.6 Å². The van der Waals surface area contributed by atoms with Crippen LogP contribution in [0.5, 0.6) is 5.75 Å². The second-order valence-electron chi connectivity index (χ2n) is 9.93. The van der Waals surface area contributed by atoms with Gasteiger partial charge in [0.25, 0.3) is 5.91 Å². The van der Waals surface area contributed by atoms with Gasteiger partial charge in [-0.15, -0.1) is 0 Å². The number of aryl methyl sites for hydroxylation is 5. The van der Waals surface area contributed by atoms with Gasteiger partial charge in [0.1, 0.15) is 11.6 Å². The third kappa shape index (κ3) is 7.45. The third-order valence-corrected chi connectivity index (χ3v) is 6.75. The fourth-order valence-electron chi connectivity index (χ4n) is 4.66. The van der Waals surface area contributed by atoms with Crippen LogP contribution in [-0.2, 0) is 13.0 Å². The number of carbonyl (C=O) groups excluding carboxylic acids is 1. The quantitative estimate of drug-likeness (QED) is 0.203. The molecular formula is C32H39N3O2. The number of rotatable bonds is 13. The van der Waals surface area contributed by atoms with Crippen molar-refractivity contribution in [2.75, 3.05) is 13.2 Å². The van der Waals surface area contributed by atoms with Gasteiger partial charge >= 0.3 is 0 Å². The molecule has 37 heavy (non-hydrogen) atoms. The van der Waals surface area contributed by atoms with Crippen LogP contribution in [0, 0.1) is 20.8 Å². The monoisotopic (exact) mass is 497 g/mol. The molecule has 1 heterocycles. The Morgan fingerprint density at radius 1 is 0.865 bits per heavy atom. The van der Waals surface area contributed by atoms with Crippen LogP contribution in [0.25, 0.3) is 11.0 Å². The molecule has 1 N–H and O–H groups in total. The number of hydrogen-bond donors (Lipinski definition) is 1. The van der Waals surface area contributed by atoms with E-state index in [4.69, 9.17) is 9.72 Å². The molecule has 0 aliphatic carbocycles. The fourth-order valence-corrected chi connectivity index (χ4v) is 4.66. The summed E-state index contributed by atoms with van der Waals surface area (Å²) in [5, 5.41) is 3.04. The van der Waals surface area contributed by atoms with Gasteiger partial charge < -0.3 is 14.6 Å². The van der Waals surface area contributed by atoms with Crippen molar-refractivity contribution in [1.82, 2.24) is 14.9 Å². The molecule has 0 atom stereocenters. The Balaban J connectivity index is 1.23. The molecule has 0 aliphatic rings. The number of nitrogens with one attached hydrogen (secondary N) is 1. The molecule has 0 unspecified atom stereocenters.